The van der Waals surface area contributed by atoms with Crippen LogP contribution in [-0.2, 0) is 11.2 Å². The minimum Gasteiger partial charge on any atom is -0.297 e. The Morgan fingerprint density at radius 2 is 1.89 bits per heavy atom. The summed E-state index contributed by atoms with van der Waals surface area (Å²) in [7, 11) is 0. The molecule has 0 spiro atoms. The van der Waals surface area contributed by atoms with E-state index in [0.29, 0.717) is 6.42 Å². The maximum atomic E-state index is 12.6. The fourth-order valence-electron chi connectivity index (χ4n) is 2.69. The minimum absolute atomic E-state index is 0.271. The van der Waals surface area contributed by atoms with Crippen molar-refractivity contribution in [3.63, 3.8) is 0 Å². The zero-order valence-corrected chi connectivity index (χ0v) is 12.1. The lowest BCUT2D eigenvalue weighted by Crippen LogP contribution is -2.51. The molecule has 0 bridgehead atoms. The standard InChI is InChI=1S/C16H24N2O/c1-16(2,18-11-7-3-4-8-12-18)15(19)13-14-9-5-6-10-17-14/h5-6,9-10H,3-4,7-8,11-13H2,1-2H3. The van der Waals surface area contributed by atoms with Gasteiger partial charge in [-0.25, -0.2) is 0 Å². The van der Waals surface area contributed by atoms with Gasteiger partial charge in [0.25, 0.3) is 0 Å². The van der Waals surface area contributed by atoms with Gasteiger partial charge in [0.1, 0.15) is 0 Å². The van der Waals surface area contributed by atoms with Crippen LogP contribution in [0.25, 0.3) is 0 Å². The van der Waals surface area contributed by atoms with E-state index in [1.54, 1.807) is 6.20 Å². The van der Waals surface area contributed by atoms with E-state index in [2.05, 4.69) is 23.7 Å². The zero-order valence-electron chi connectivity index (χ0n) is 12.1. The van der Waals surface area contributed by atoms with Crippen molar-refractivity contribution >= 4 is 5.78 Å². The zero-order chi connectivity index (χ0) is 13.7. The first kappa shape index (κ1) is 14.2. The molecule has 2 heterocycles. The summed E-state index contributed by atoms with van der Waals surface area (Å²) < 4.78 is 0. The Hall–Kier alpha value is -1.22. The Labute approximate surface area is 116 Å². The Morgan fingerprint density at radius 3 is 2.47 bits per heavy atom. The molecular formula is C16H24N2O. The molecule has 3 heteroatoms. The number of likely N-dealkylation sites (tertiary alicyclic amines) is 1. The van der Waals surface area contributed by atoms with Gasteiger partial charge in [0.05, 0.1) is 12.0 Å². The molecule has 1 aliphatic heterocycles. The van der Waals surface area contributed by atoms with E-state index in [1.807, 2.05) is 18.2 Å². The second-order valence-electron chi connectivity index (χ2n) is 5.88. The highest BCUT2D eigenvalue weighted by Gasteiger charge is 2.34. The topological polar surface area (TPSA) is 33.2 Å². The molecule has 1 aromatic rings. The minimum atomic E-state index is -0.373. The maximum absolute atomic E-state index is 12.6. The van der Waals surface area contributed by atoms with Crippen LogP contribution in [0.4, 0.5) is 0 Å². The van der Waals surface area contributed by atoms with Crippen LogP contribution in [0.15, 0.2) is 24.4 Å². The first-order chi connectivity index (χ1) is 9.10. The smallest absolute Gasteiger partial charge is 0.158 e. The van der Waals surface area contributed by atoms with Gasteiger partial charge in [0.15, 0.2) is 5.78 Å². The first-order valence-corrected chi connectivity index (χ1v) is 7.29. The molecule has 1 fully saturated rings. The van der Waals surface area contributed by atoms with E-state index in [4.69, 9.17) is 0 Å². The van der Waals surface area contributed by atoms with Crippen LogP contribution in [0.5, 0.6) is 0 Å². The predicted molar refractivity (Wildman–Crippen MR) is 77.1 cm³/mol. The van der Waals surface area contributed by atoms with Crippen molar-refractivity contribution in [2.24, 2.45) is 0 Å². The largest absolute Gasteiger partial charge is 0.297 e. The first-order valence-electron chi connectivity index (χ1n) is 7.29. The van der Waals surface area contributed by atoms with Gasteiger partial charge >= 0.3 is 0 Å². The van der Waals surface area contributed by atoms with E-state index in [0.717, 1.165) is 18.8 Å². The number of aromatic nitrogens is 1. The number of carbonyl (C=O) groups is 1. The average Bonchev–Trinajstić information content (AvgIpc) is 2.69. The molecule has 3 nitrogen and oxygen atoms in total. The summed E-state index contributed by atoms with van der Waals surface area (Å²) in [6.07, 6.45) is 7.19. The molecule has 0 aliphatic carbocycles. The highest BCUT2D eigenvalue weighted by atomic mass is 16.1. The lowest BCUT2D eigenvalue weighted by molar-refractivity contribution is -0.128. The second kappa shape index (κ2) is 6.29. The molecular weight excluding hydrogens is 236 g/mol. The van der Waals surface area contributed by atoms with Crippen molar-refractivity contribution in [1.29, 1.82) is 0 Å². The van der Waals surface area contributed by atoms with E-state index in [9.17, 15) is 4.79 Å². The quantitative estimate of drug-likeness (QED) is 0.834. The third kappa shape index (κ3) is 3.63. The van der Waals surface area contributed by atoms with Crippen molar-refractivity contribution in [3.05, 3.63) is 30.1 Å². The van der Waals surface area contributed by atoms with Gasteiger partial charge in [-0.1, -0.05) is 18.9 Å². The molecule has 0 N–H and O–H groups in total. The van der Waals surface area contributed by atoms with Crippen molar-refractivity contribution in [2.45, 2.75) is 51.5 Å². The van der Waals surface area contributed by atoms with Gasteiger partial charge in [0, 0.05) is 11.9 Å². The summed E-state index contributed by atoms with van der Waals surface area (Å²) in [5, 5.41) is 0. The van der Waals surface area contributed by atoms with Gasteiger partial charge in [-0.2, -0.15) is 0 Å². The van der Waals surface area contributed by atoms with Crippen LogP contribution in [0.1, 0.15) is 45.2 Å². The lowest BCUT2D eigenvalue weighted by atomic mass is 9.92. The molecule has 2 rings (SSSR count). The molecule has 0 unspecified atom stereocenters. The summed E-state index contributed by atoms with van der Waals surface area (Å²) in [6.45, 7) is 6.20. The van der Waals surface area contributed by atoms with Crippen LogP contribution >= 0.6 is 0 Å². The molecule has 104 valence electrons. The second-order valence-corrected chi connectivity index (χ2v) is 5.88. The van der Waals surface area contributed by atoms with Gasteiger partial charge in [-0.3, -0.25) is 14.7 Å². The molecule has 0 radical (unpaired) electrons. The molecule has 1 saturated heterocycles. The maximum Gasteiger partial charge on any atom is 0.158 e. The van der Waals surface area contributed by atoms with Gasteiger partial charge in [-0.05, 0) is 51.9 Å². The molecule has 0 saturated carbocycles. The molecule has 0 aromatic carbocycles. The number of ketones is 1. The van der Waals surface area contributed by atoms with Crippen molar-refractivity contribution in [1.82, 2.24) is 9.88 Å². The molecule has 1 aliphatic rings. The van der Waals surface area contributed by atoms with E-state index < -0.39 is 0 Å². The van der Waals surface area contributed by atoms with E-state index in [1.165, 1.54) is 25.7 Å². The van der Waals surface area contributed by atoms with Crippen LogP contribution in [0, 0.1) is 0 Å². The normalized spacial score (nSPS) is 18.0. The molecule has 0 atom stereocenters. The summed E-state index contributed by atoms with van der Waals surface area (Å²) in [5.74, 6) is 0.271. The highest BCUT2D eigenvalue weighted by Crippen LogP contribution is 2.22. The molecule has 0 amide bonds. The van der Waals surface area contributed by atoms with Crippen molar-refractivity contribution < 1.29 is 4.79 Å². The lowest BCUT2D eigenvalue weighted by Gasteiger charge is -2.36. The number of rotatable bonds is 4. The van der Waals surface area contributed by atoms with Gasteiger partial charge < -0.3 is 0 Å². The van der Waals surface area contributed by atoms with Crippen LogP contribution in [0.3, 0.4) is 0 Å². The molecule has 19 heavy (non-hydrogen) atoms. The molecule has 1 aromatic heterocycles. The highest BCUT2D eigenvalue weighted by molar-refractivity contribution is 5.89. The van der Waals surface area contributed by atoms with Crippen LogP contribution in [0.2, 0.25) is 0 Å². The number of nitrogens with zero attached hydrogens (tertiary/aromatic N) is 2. The van der Waals surface area contributed by atoms with Crippen molar-refractivity contribution in [2.75, 3.05) is 13.1 Å². The Morgan fingerprint density at radius 1 is 1.21 bits per heavy atom. The number of pyridine rings is 1. The summed E-state index contributed by atoms with van der Waals surface area (Å²) in [4.78, 5) is 19.2. The number of Topliss-reactive ketones (excluding diaryl/α,β-unsaturated/α-hetero) is 1. The van der Waals surface area contributed by atoms with E-state index in [-0.39, 0.29) is 11.3 Å². The fraction of sp³-hybridized carbons (Fsp3) is 0.625. The average molecular weight is 260 g/mol. The third-order valence-electron chi connectivity index (χ3n) is 4.15. The summed E-state index contributed by atoms with van der Waals surface area (Å²) >= 11 is 0. The third-order valence-corrected chi connectivity index (χ3v) is 4.15. The summed E-state index contributed by atoms with van der Waals surface area (Å²) in [5.41, 5.74) is 0.498. The predicted octanol–water partition coefficient (Wildman–Crippen LogP) is 2.85. The van der Waals surface area contributed by atoms with Crippen molar-refractivity contribution in [3.8, 4) is 0 Å². The SMILES string of the molecule is CC(C)(C(=O)Cc1ccccn1)N1CCCCCC1. The number of carbonyl (C=O) groups excluding carboxylic acids is 1. The Balaban J connectivity index is 2.03. The number of hydrogen-bond acceptors (Lipinski definition) is 3. The van der Waals surface area contributed by atoms with Crippen LogP contribution < -0.4 is 0 Å². The Bertz CT molecular complexity index is 406. The van der Waals surface area contributed by atoms with Crippen LogP contribution in [-0.4, -0.2) is 34.3 Å². The number of hydrogen-bond donors (Lipinski definition) is 0. The summed E-state index contributed by atoms with van der Waals surface area (Å²) in [6, 6.07) is 5.75. The van der Waals surface area contributed by atoms with E-state index >= 15 is 0 Å². The van der Waals surface area contributed by atoms with Gasteiger partial charge in [0.2, 0.25) is 0 Å². The fourth-order valence-corrected chi connectivity index (χ4v) is 2.69. The van der Waals surface area contributed by atoms with Gasteiger partial charge in [-0.15, -0.1) is 0 Å². The Kier molecular flexibility index (Phi) is 4.70. The monoisotopic (exact) mass is 260 g/mol.